The third-order valence-corrected chi connectivity index (χ3v) is 4.55. The number of nitrogens with one attached hydrogen (secondary N) is 2. The smallest absolute Gasteiger partial charge is 0.253 e. The zero-order valence-corrected chi connectivity index (χ0v) is 14.7. The fourth-order valence-corrected chi connectivity index (χ4v) is 3.16. The van der Waals surface area contributed by atoms with E-state index in [1.807, 2.05) is 49.4 Å². The summed E-state index contributed by atoms with van der Waals surface area (Å²) in [7, 11) is 0. The summed E-state index contributed by atoms with van der Waals surface area (Å²) in [6, 6.07) is 15.0. The van der Waals surface area contributed by atoms with Gasteiger partial charge in [0.1, 0.15) is 6.26 Å². The van der Waals surface area contributed by atoms with Crippen molar-refractivity contribution >= 4 is 28.2 Å². The van der Waals surface area contributed by atoms with Crippen molar-refractivity contribution in [1.82, 2.24) is 10.1 Å². The molecule has 2 N–H and O–H groups in total. The van der Waals surface area contributed by atoms with Gasteiger partial charge in [-0.25, -0.2) is 0 Å². The number of hydrogen-bond donors (Lipinski definition) is 2. The monoisotopic (exact) mass is 365 g/mol. The first-order valence-corrected chi connectivity index (χ1v) is 8.57. The van der Waals surface area contributed by atoms with Crippen LogP contribution in [0.15, 0.2) is 70.3 Å². The molecule has 0 amide bonds. The van der Waals surface area contributed by atoms with Gasteiger partial charge in [0.2, 0.25) is 0 Å². The molecule has 26 heavy (non-hydrogen) atoms. The van der Waals surface area contributed by atoms with Gasteiger partial charge < -0.3 is 14.8 Å². The fraction of sp³-hybridized carbons (Fsp3) is 0.100. The Kier molecular flexibility index (Phi) is 4.22. The summed E-state index contributed by atoms with van der Waals surface area (Å²) in [6.45, 7) is 1.95. The van der Waals surface area contributed by atoms with Crippen LogP contribution < -0.4 is 10.9 Å². The van der Waals surface area contributed by atoms with Crippen LogP contribution in [0.25, 0.3) is 22.0 Å². The predicted octanol–water partition coefficient (Wildman–Crippen LogP) is 5.01. The molecule has 2 aromatic heterocycles. The maximum Gasteiger partial charge on any atom is 0.253 e. The number of H-pyrrole nitrogens is 1. The Hall–Kier alpha value is -3.05. The number of pyridine rings is 1. The number of nitrogens with zero attached hydrogens (tertiary/aromatic N) is 1. The van der Waals surface area contributed by atoms with Crippen LogP contribution in [0.1, 0.15) is 18.5 Å². The van der Waals surface area contributed by atoms with Gasteiger partial charge in [-0.1, -0.05) is 28.9 Å². The zero-order valence-electron chi connectivity index (χ0n) is 14.0. The van der Waals surface area contributed by atoms with Crippen molar-refractivity contribution in [3.63, 3.8) is 0 Å². The molecule has 4 aromatic rings. The first-order valence-electron chi connectivity index (χ1n) is 8.19. The minimum atomic E-state index is -0.181. The summed E-state index contributed by atoms with van der Waals surface area (Å²) in [5, 5.41) is 8.65. The van der Waals surface area contributed by atoms with Gasteiger partial charge in [-0.3, -0.25) is 4.79 Å². The van der Waals surface area contributed by atoms with E-state index in [9.17, 15) is 4.79 Å². The molecule has 0 saturated carbocycles. The highest BCUT2D eigenvalue weighted by Crippen LogP contribution is 2.25. The van der Waals surface area contributed by atoms with Crippen molar-refractivity contribution in [3.05, 3.63) is 81.9 Å². The van der Waals surface area contributed by atoms with Crippen LogP contribution in [-0.4, -0.2) is 10.1 Å². The van der Waals surface area contributed by atoms with E-state index < -0.39 is 0 Å². The zero-order chi connectivity index (χ0) is 18.1. The normalized spacial score (nSPS) is 12.2. The van der Waals surface area contributed by atoms with E-state index in [4.69, 9.17) is 16.1 Å². The molecular weight excluding hydrogens is 350 g/mol. The molecule has 5 nitrogen and oxygen atoms in total. The lowest BCUT2D eigenvalue weighted by molar-refractivity contribution is 0.420. The summed E-state index contributed by atoms with van der Waals surface area (Å²) in [5.41, 5.74) is 4.10. The second-order valence-corrected chi connectivity index (χ2v) is 6.58. The van der Waals surface area contributed by atoms with Crippen LogP contribution in [0.3, 0.4) is 0 Å². The highest BCUT2D eigenvalue weighted by molar-refractivity contribution is 6.31. The second-order valence-electron chi connectivity index (χ2n) is 6.15. The number of anilines is 1. The Morgan fingerprint density at radius 1 is 1.15 bits per heavy atom. The summed E-state index contributed by atoms with van der Waals surface area (Å²) in [5.74, 6) is 0. The molecular formula is C20H16ClN3O2. The van der Waals surface area contributed by atoms with E-state index in [0.717, 1.165) is 27.7 Å². The lowest BCUT2D eigenvalue weighted by Crippen LogP contribution is -2.19. The van der Waals surface area contributed by atoms with Crippen molar-refractivity contribution in [2.45, 2.75) is 13.0 Å². The molecule has 2 heterocycles. The SMILES string of the molecule is CC(Nc1cccc(-c2cnoc2)c1)c1cc2cc(Cl)ccc2[nH]c1=O. The van der Waals surface area contributed by atoms with Crippen molar-refractivity contribution in [2.75, 3.05) is 5.32 Å². The fourth-order valence-electron chi connectivity index (χ4n) is 2.98. The van der Waals surface area contributed by atoms with Crippen LogP contribution in [0.2, 0.25) is 5.02 Å². The average molecular weight is 366 g/mol. The summed E-state index contributed by atoms with van der Waals surface area (Å²) in [6.07, 6.45) is 3.26. The Labute approximate surface area is 154 Å². The molecule has 0 spiro atoms. The van der Waals surface area contributed by atoms with Crippen LogP contribution in [0.5, 0.6) is 0 Å². The molecule has 1 atom stereocenters. The standard InChI is InChI=1S/C20H16ClN3O2/c1-12(18-9-14-7-16(21)5-6-19(14)24-20(18)25)23-17-4-2-3-13(8-17)15-10-22-26-11-15/h2-12,23H,1H3,(H,24,25). The number of rotatable bonds is 4. The highest BCUT2D eigenvalue weighted by Gasteiger charge is 2.12. The predicted molar refractivity (Wildman–Crippen MR) is 104 cm³/mol. The van der Waals surface area contributed by atoms with E-state index in [2.05, 4.69) is 15.5 Å². The quantitative estimate of drug-likeness (QED) is 0.533. The number of aromatic amines is 1. The summed E-state index contributed by atoms with van der Waals surface area (Å²) >= 11 is 6.07. The van der Waals surface area contributed by atoms with Crippen LogP contribution in [0, 0.1) is 0 Å². The van der Waals surface area contributed by atoms with Crippen LogP contribution in [-0.2, 0) is 0 Å². The third-order valence-electron chi connectivity index (χ3n) is 4.31. The van der Waals surface area contributed by atoms with Gasteiger partial charge in [0, 0.05) is 32.7 Å². The summed E-state index contributed by atoms with van der Waals surface area (Å²) < 4.78 is 4.90. The van der Waals surface area contributed by atoms with E-state index in [-0.39, 0.29) is 11.6 Å². The first-order chi connectivity index (χ1) is 12.6. The molecule has 0 aliphatic rings. The van der Waals surface area contributed by atoms with Gasteiger partial charge in [-0.05, 0) is 48.9 Å². The molecule has 6 heteroatoms. The van der Waals surface area contributed by atoms with E-state index in [0.29, 0.717) is 10.6 Å². The Morgan fingerprint density at radius 2 is 2.04 bits per heavy atom. The maximum atomic E-state index is 12.5. The Bertz CT molecular complexity index is 1120. The number of benzene rings is 2. The van der Waals surface area contributed by atoms with Gasteiger partial charge in [-0.15, -0.1) is 0 Å². The van der Waals surface area contributed by atoms with Gasteiger partial charge in [0.15, 0.2) is 0 Å². The molecule has 4 rings (SSSR count). The molecule has 130 valence electrons. The largest absolute Gasteiger partial charge is 0.378 e. The van der Waals surface area contributed by atoms with E-state index >= 15 is 0 Å². The number of fused-ring (bicyclic) bond motifs is 1. The number of halogens is 1. The first kappa shape index (κ1) is 16.4. The van der Waals surface area contributed by atoms with Gasteiger partial charge >= 0.3 is 0 Å². The molecule has 0 aliphatic carbocycles. The molecule has 0 fully saturated rings. The molecule has 0 radical (unpaired) electrons. The maximum absolute atomic E-state index is 12.5. The van der Waals surface area contributed by atoms with Crippen LogP contribution in [0.4, 0.5) is 5.69 Å². The molecule has 1 unspecified atom stereocenters. The van der Waals surface area contributed by atoms with Gasteiger partial charge in [-0.2, -0.15) is 0 Å². The highest BCUT2D eigenvalue weighted by atomic mass is 35.5. The van der Waals surface area contributed by atoms with Crippen molar-refractivity contribution in [2.24, 2.45) is 0 Å². The average Bonchev–Trinajstić information content (AvgIpc) is 3.16. The van der Waals surface area contributed by atoms with E-state index in [1.165, 1.54) is 0 Å². The summed E-state index contributed by atoms with van der Waals surface area (Å²) in [4.78, 5) is 15.4. The molecule has 0 saturated heterocycles. The lowest BCUT2D eigenvalue weighted by atomic mass is 10.1. The Morgan fingerprint density at radius 3 is 2.85 bits per heavy atom. The van der Waals surface area contributed by atoms with Gasteiger partial charge in [0.05, 0.1) is 12.2 Å². The number of aromatic nitrogens is 2. The van der Waals surface area contributed by atoms with Crippen molar-refractivity contribution in [1.29, 1.82) is 0 Å². The third kappa shape index (κ3) is 3.21. The molecule has 0 aliphatic heterocycles. The minimum Gasteiger partial charge on any atom is -0.378 e. The topological polar surface area (TPSA) is 70.9 Å². The molecule has 0 bridgehead atoms. The Balaban J connectivity index is 1.65. The number of hydrogen-bond acceptors (Lipinski definition) is 4. The van der Waals surface area contributed by atoms with Crippen molar-refractivity contribution < 1.29 is 4.52 Å². The molecule has 2 aromatic carbocycles. The van der Waals surface area contributed by atoms with Crippen LogP contribution >= 0.6 is 11.6 Å². The lowest BCUT2D eigenvalue weighted by Gasteiger charge is -2.16. The minimum absolute atomic E-state index is 0.116. The second kappa shape index (κ2) is 6.69. The van der Waals surface area contributed by atoms with Gasteiger partial charge in [0.25, 0.3) is 5.56 Å². The van der Waals surface area contributed by atoms with E-state index in [1.54, 1.807) is 18.5 Å². The van der Waals surface area contributed by atoms with Crippen molar-refractivity contribution in [3.8, 4) is 11.1 Å².